The summed E-state index contributed by atoms with van der Waals surface area (Å²) in [5, 5.41) is 0. The third-order valence-electron chi connectivity index (χ3n) is 2.08. The van der Waals surface area contributed by atoms with E-state index in [1.165, 1.54) is 24.8 Å². The van der Waals surface area contributed by atoms with E-state index in [0.717, 1.165) is 0 Å². The van der Waals surface area contributed by atoms with Gasteiger partial charge in [-0.1, -0.05) is 17.2 Å². The zero-order valence-electron chi connectivity index (χ0n) is 7.20. The molecular formula is C10H16. The average molecular weight is 136 g/mol. The first kappa shape index (κ1) is 7.59. The van der Waals surface area contributed by atoms with Crippen LogP contribution in [0.5, 0.6) is 0 Å². The van der Waals surface area contributed by atoms with Crippen molar-refractivity contribution in [2.45, 2.75) is 40.0 Å². The first-order valence-electron chi connectivity index (χ1n) is 4.03. The molecule has 0 atom stereocenters. The Hall–Kier alpha value is -0.520. The molecule has 0 unspecified atom stereocenters. The third kappa shape index (κ3) is 1.73. The van der Waals surface area contributed by atoms with Crippen LogP contribution in [0.25, 0.3) is 0 Å². The highest BCUT2D eigenvalue weighted by molar-refractivity contribution is 5.29. The molecule has 0 radical (unpaired) electrons. The highest BCUT2D eigenvalue weighted by Crippen LogP contribution is 2.23. The molecule has 0 heteroatoms. The summed E-state index contributed by atoms with van der Waals surface area (Å²) in [6.07, 6.45) is 6.29. The highest BCUT2D eigenvalue weighted by Gasteiger charge is 2.03. The van der Waals surface area contributed by atoms with E-state index in [2.05, 4.69) is 26.8 Å². The Bertz CT molecular complexity index is 178. The molecule has 1 rings (SSSR count). The fraction of sp³-hybridized carbons (Fsp3) is 0.600. The molecule has 1 aliphatic rings. The first-order valence-corrected chi connectivity index (χ1v) is 4.03. The fourth-order valence-corrected chi connectivity index (χ4v) is 1.39. The number of hydrogen-bond donors (Lipinski definition) is 0. The summed E-state index contributed by atoms with van der Waals surface area (Å²) < 4.78 is 0. The lowest BCUT2D eigenvalue weighted by Gasteiger charge is -2.12. The summed E-state index contributed by atoms with van der Waals surface area (Å²) in [4.78, 5) is 0. The summed E-state index contributed by atoms with van der Waals surface area (Å²) in [5.74, 6) is 0. The molecule has 0 bridgehead atoms. The van der Waals surface area contributed by atoms with Crippen LogP contribution in [0.15, 0.2) is 22.8 Å². The summed E-state index contributed by atoms with van der Waals surface area (Å²) in [6.45, 7) is 6.62. The molecule has 10 heavy (non-hydrogen) atoms. The molecule has 0 saturated carbocycles. The zero-order valence-corrected chi connectivity index (χ0v) is 7.20. The van der Waals surface area contributed by atoms with Crippen LogP contribution < -0.4 is 0 Å². The summed E-state index contributed by atoms with van der Waals surface area (Å²) in [6, 6.07) is 0. The minimum absolute atomic E-state index is 1.29. The Kier molecular flexibility index (Phi) is 2.31. The maximum atomic E-state index is 2.35. The van der Waals surface area contributed by atoms with Gasteiger partial charge in [0.2, 0.25) is 0 Å². The van der Waals surface area contributed by atoms with Gasteiger partial charge in [0, 0.05) is 0 Å². The zero-order chi connectivity index (χ0) is 7.56. The van der Waals surface area contributed by atoms with E-state index in [1.807, 2.05) is 0 Å². The van der Waals surface area contributed by atoms with Gasteiger partial charge in [-0.05, 0) is 45.6 Å². The van der Waals surface area contributed by atoms with E-state index < -0.39 is 0 Å². The van der Waals surface area contributed by atoms with Gasteiger partial charge in [-0.3, -0.25) is 0 Å². The fourth-order valence-electron chi connectivity index (χ4n) is 1.39. The number of rotatable bonds is 0. The first-order chi connectivity index (χ1) is 4.70. The molecule has 0 spiro atoms. The molecule has 0 amide bonds. The van der Waals surface area contributed by atoms with Crippen LogP contribution in [-0.2, 0) is 0 Å². The number of allylic oxidation sites excluding steroid dienone is 4. The van der Waals surface area contributed by atoms with Crippen molar-refractivity contribution in [2.24, 2.45) is 0 Å². The highest BCUT2D eigenvalue weighted by atomic mass is 14.1. The predicted octanol–water partition coefficient (Wildman–Crippen LogP) is 3.45. The van der Waals surface area contributed by atoms with E-state index in [-0.39, 0.29) is 0 Å². The van der Waals surface area contributed by atoms with Gasteiger partial charge in [-0.15, -0.1) is 0 Å². The molecule has 1 aliphatic carbocycles. The molecule has 56 valence electrons. The van der Waals surface area contributed by atoms with Crippen LogP contribution in [0.4, 0.5) is 0 Å². The third-order valence-corrected chi connectivity index (χ3v) is 2.08. The van der Waals surface area contributed by atoms with E-state index in [4.69, 9.17) is 0 Å². The van der Waals surface area contributed by atoms with Gasteiger partial charge in [0.05, 0.1) is 0 Å². The molecule has 0 N–H and O–H groups in total. The summed E-state index contributed by atoms with van der Waals surface area (Å²) in [7, 11) is 0. The standard InChI is InChI=1S/C10H16/c1-8(2)10-6-4-5-9(3)7-10/h7H,4-6H2,1-3H3. The van der Waals surface area contributed by atoms with Crippen molar-refractivity contribution >= 4 is 0 Å². The summed E-state index contributed by atoms with van der Waals surface area (Å²) in [5.41, 5.74) is 4.59. The van der Waals surface area contributed by atoms with E-state index in [0.29, 0.717) is 0 Å². The molecule has 0 aromatic carbocycles. The smallest absolute Gasteiger partial charge is 0.0276 e. The second-order valence-corrected chi connectivity index (χ2v) is 3.37. The lowest BCUT2D eigenvalue weighted by molar-refractivity contribution is 0.777. The molecule has 0 saturated heterocycles. The monoisotopic (exact) mass is 136 g/mol. The lowest BCUT2D eigenvalue weighted by atomic mass is 9.94. The second kappa shape index (κ2) is 3.05. The van der Waals surface area contributed by atoms with Crippen molar-refractivity contribution in [3.63, 3.8) is 0 Å². The second-order valence-electron chi connectivity index (χ2n) is 3.37. The minimum atomic E-state index is 1.29. The van der Waals surface area contributed by atoms with Crippen molar-refractivity contribution in [1.29, 1.82) is 0 Å². The Morgan fingerprint density at radius 3 is 2.40 bits per heavy atom. The molecule has 0 heterocycles. The van der Waals surface area contributed by atoms with Crippen LogP contribution in [0.3, 0.4) is 0 Å². The van der Waals surface area contributed by atoms with Crippen LogP contribution in [-0.4, -0.2) is 0 Å². The molecule has 0 fully saturated rings. The van der Waals surface area contributed by atoms with E-state index in [9.17, 15) is 0 Å². The van der Waals surface area contributed by atoms with Crippen molar-refractivity contribution < 1.29 is 0 Å². The SMILES string of the molecule is CC1=CC(=C(C)C)CCC1. The molecular weight excluding hydrogens is 120 g/mol. The minimum Gasteiger partial charge on any atom is -0.0732 e. The predicted molar refractivity (Wildman–Crippen MR) is 46.0 cm³/mol. The maximum Gasteiger partial charge on any atom is -0.0276 e. The van der Waals surface area contributed by atoms with Crippen LogP contribution in [0.2, 0.25) is 0 Å². The Morgan fingerprint density at radius 1 is 1.30 bits per heavy atom. The van der Waals surface area contributed by atoms with Gasteiger partial charge in [-0.2, -0.15) is 0 Å². The van der Waals surface area contributed by atoms with Crippen molar-refractivity contribution in [3.8, 4) is 0 Å². The van der Waals surface area contributed by atoms with Gasteiger partial charge in [0.15, 0.2) is 0 Å². The van der Waals surface area contributed by atoms with Crippen LogP contribution in [0, 0.1) is 0 Å². The van der Waals surface area contributed by atoms with Gasteiger partial charge in [0.1, 0.15) is 0 Å². The topological polar surface area (TPSA) is 0 Å². The van der Waals surface area contributed by atoms with E-state index in [1.54, 1.807) is 11.1 Å². The van der Waals surface area contributed by atoms with Crippen LogP contribution >= 0.6 is 0 Å². The normalized spacial score (nSPS) is 18.7. The Labute approximate surface area is 63.6 Å². The average Bonchev–Trinajstić information content (AvgIpc) is 1.88. The Balaban J connectivity index is 2.82. The molecule has 0 aromatic heterocycles. The van der Waals surface area contributed by atoms with Crippen LogP contribution in [0.1, 0.15) is 40.0 Å². The van der Waals surface area contributed by atoms with Gasteiger partial charge >= 0.3 is 0 Å². The van der Waals surface area contributed by atoms with Crippen molar-refractivity contribution in [1.82, 2.24) is 0 Å². The Morgan fingerprint density at radius 2 is 2.00 bits per heavy atom. The molecule has 0 nitrogen and oxygen atoms in total. The molecule has 0 aromatic rings. The number of hydrogen-bond acceptors (Lipinski definition) is 0. The van der Waals surface area contributed by atoms with Gasteiger partial charge < -0.3 is 0 Å². The maximum absolute atomic E-state index is 2.35. The van der Waals surface area contributed by atoms with Crippen molar-refractivity contribution in [2.75, 3.05) is 0 Å². The lowest BCUT2D eigenvalue weighted by Crippen LogP contribution is -1.92. The quantitative estimate of drug-likeness (QED) is 0.478. The largest absolute Gasteiger partial charge is 0.0732 e. The van der Waals surface area contributed by atoms with Gasteiger partial charge in [-0.25, -0.2) is 0 Å². The van der Waals surface area contributed by atoms with E-state index >= 15 is 0 Å². The molecule has 0 aliphatic heterocycles. The van der Waals surface area contributed by atoms with Crippen molar-refractivity contribution in [3.05, 3.63) is 22.8 Å². The van der Waals surface area contributed by atoms with Gasteiger partial charge in [0.25, 0.3) is 0 Å². The summed E-state index contributed by atoms with van der Waals surface area (Å²) >= 11 is 0.